The fraction of sp³-hybridized carbons (Fsp3) is 0.150. The number of anilines is 2. The quantitative estimate of drug-likeness (QED) is 0.732. The molecule has 1 amide bonds. The Balaban J connectivity index is 1.68. The second kappa shape index (κ2) is 7.74. The lowest BCUT2D eigenvalue weighted by atomic mass is 10.1. The van der Waals surface area contributed by atoms with Crippen LogP contribution in [0.1, 0.15) is 27.2 Å². The largest absolute Gasteiger partial charge is 0.347 e. The minimum atomic E-state index is -0.319. The van der Waals surface area contributed by atoms with Crippen molar-refractivity contribution >= 4 is 17.4 Å². The van der Waals surface area contributed by atoms with Gasteiger partial charge in [-0.15, -0.1) is 0 Å². The van der Waals surface area contributed by atoms with Crippen molar-refractivity contribution in [3.63, 3.8) is 0 Å². The van der Waals surface area contributed by atoms with Gasteiger partial charge in [-0.3, -0.25) is 4.79 Å². The maximum atomic E-state index is 12.9. The van der Waals surface area contributed by atoms with Gasteiger partial charge >= 0.3 is 0 Å². The van der Waals surface area contributed by atoms with Gasteiger partial charge in [0.1, 0.15) is 23.7 Å². The number of nitrogens with zero attached hydrogens (tertiary/aromatic N) is 2. The Kier molecular flexibility index (Phi) is 5.22. The number of amides is 1. The van der Waals surface area contributed by atoms with Gasteiger partial charge < -0.3 is 10.6 Å². The second-order valence-electron chi connectivity index (χ2n) is 6.04. The zero-order valence-corrected chi connectivity index (χ0v) is 14.6. The van der Waals surface area contributed by atoms with Crippen LogP contribution in [0.15, 0.2) is 54.9 Å². The van der Waals surface area contributed by atoms with Gasteiger partial charge in [0.15, 0.2) is 0 Å². The summed E-state index contributed by atoms with van der Waals surface area (Å²) in [6, 6.07) is 13.6. The molecule has 3 rings (SSSR count). The molecule has 0 atom stereocenters. The highest BCUT2D eigenvalue weighted by Crippen LogP contribution is 2.20. The summed E-state index contributed by atoms with van der Waals surface area (Å²) in [6.07, 6.45) is 1.35. The smallest absolute Gasteiger partial charge is 0.270 e. The fourth-order valence-corrected chi connectivity index (χ4v) is 2.52. The minimum Gasteiger partial charge on any atom is -0.347 e. The SMILES string of the molecule is Cc1ccc(Nc2cc(C(=O)NCc3ccc(F)cc3)ncn2)c(C)c1. The van der Waals surface area contributed by atoms with E-state index < -0.39 is 0 Å². The minimum absolute atomic E-state index is 0.259. The zero-order valence-electron chi connectivity index (χ0n) is 14.6. The monoisotopic (exact) mass is 350 g/mol. The second-order valence-corrected chi connectivity index (χ2v) is 6.04. The van der Waals surface area contributed by atoms with Gasteiger partial charge in [-0.2, -0.15) is 0 Å². The molecule has 0 aliphatic carbocycles. The third-order valence-corrected chi connectivity index (χ3v) is 3.91. The predicted molar refractivity (Wildman–Crippen MR) is 98.8 cm³/mol. The molecular weight excluding hydrogens is 331 g/mol. The van der Waals surface area contributed by atoms with Gasteiger partial charge in [0.05, 0.1) is 0 Å². The lowest BCUT2D eigenvalue weighted by Gasteiger charge is -2.10. The van der Waals surface area contributed by atoms with Crippen LogP contribution in [0.3, 0.4) is 0 Å². The highest BCUT2D eigenvalue weighted by atomic mass is 19.1. The number of rotatable bonds is 5. The van der Waals surface area contributed by atoms with Crippen molar-refractivity contribution in [3.05, 3.63) is 83.1 Å². The number of carbonyl (C=O) groups excluding carboxylic acids is 1. The van der Waals surface area contributed by atoms with Gasteiger partial charge in [-0.05, 0) is 43.2 Å². The van der Waals surface area contributed by atoms with Crippen LogP contribution >= 0.6 is 0 Å². The predicted octanol–water partition coefficient (Wildman–Crippen LogP) is 3.91. The molecule has 6 heteroatoms. The molecule has 0 saturated carbocycles. The Bertz CT molecular complexity index is 925. The van der Waals surface area contributed by atoms with Crippen LogP contribution < -0.4 is 10.6 Å². The topological polar surface area (TPSA) is 66.9 Å². The van der Waals surface area contributed by atoms with E-state index in [1.807, 2.05) is 26.0 Å². The highest BCUT2D eigenvalue weighted by Gasteiger charge is 2.09. The lowest BCUT2D eigenvalue weighted by molar-refractivity contribution is 0.0946. The molecule has 132 valence electrons. The van der Waals surface area contributed by atoms with Crippen LogP contribution in [-0.2, 0) is 6.54 Å². The Morgan fingerprint density at radius 3 is 2.54 bits per heavy atom. The molecule has 2 aromatic carbocycles. The molecule has 0 spiro atoms. The number of aryl methyl sites for hydroxylation is 2. The van der Waals surface area contributed by atoms with Crippen molar-refractivity contribution in [2.45, 2.75) is 20.4 Å². The van der Waals surface area contributed by atoms with E-state index >= 15 is 0 Å². The average Bonchev–Trinajstić information content (AvgIpc) is 2.63. The summed E-state index contributed by atoms with van der Waals surface area (Å²) in [5.74, 6) is -0.0859. The van der Waals surface area contributed by atoms with Crippen LogP contribution in [0, 0.1) is 19.7 Å². The van der Waals surface area contributed by atoms with E-state index in [2.05, 4.69) is 26.7 Å². The van der Waals surface area contributed by atoms with Crippen LogP contribution in [-0.4, -0.2) is 15.9 Å². The van der Waals surface area contributed by atoms with Gasteiger partial charge in [-0.1, -0.05) is 29.8 Å². The molecule has 0 aliphatic rings. The molecule has 2 N–H and O–H groups in total. The van der Waals surface area contributed by atoms with E-state index in [1.54, 1.807) is 18.2 Å². The molecular formula is C20H19FN4O. The zero-order chi connectivity index (χ0) is 18.5. The molecule has 0 fully saturated rings. The number of hydrogen-bond donors (Lipinski definition) is 2. The number of aromatic nitrogens is 2. The Hall–Kier alpha value is -3.28. The third kappa shape index (κ3) is 4.42. The Morgan fingerprint density at radius 1 is 1.04 bits per heavy atom. The molecule has 0 aliphatic heterocycles. The number of hydrogen-bond acceptors (Lipinski definition) is 4. The molecule has 0 saturated heterocycles. The maximum absolute atomic E-state index is 12.9. The van der Waals surface area contributed by atoms with E-state index in [0.717, 1.165) is 16.8 Å². The first kappa shape index (κ1) is 17.5. The molecule has 26 heavy (non-hydrogen) atoms. The van der Waals surface area contributed by atoms with E-state index in [0.29, 0.717) is 12.4 Å². The number of benzene rings is 2. The van der Waals surface area contributed by atoms with E-state index in [-0.39, 0.29) is 17.4 Å². The normalized spacial score (nSPS) is 10.4. The molecule has 1 aromatic heterocycles. The number of halogens is 1. The average molecular weight is 350 g/mol. The van der Waals surface area contributed by atoms with Crippen molar-refractivity contribution in [1.29, 1.82) is 0 Å². The van der Waals surface area contributed by atoms with Crippen molar-refractivity contribution in [2.24, 2.45) is 0 Å². The molecule has 5 nitrogen and oxygen atoms in total. The third-order valence-electron chi connectivity index (χ3n) is 3.91. The Morgan fingerprint density at radius 2 is 1.81 bits per heavy atom. The molecule has 0 radical (unpaired) electrons. The van der Waals surface area contributed by atoms with Crippen molar-refractivity contribution in [3.8, 4) is 0 Å². The number of carbonyl (C=O) groups is 1. The summed E-state index contributed by atoms with van der Waals surface area (Å²) >= 11 is 0. The van der Waals surface area contributed by atoms with Crippen molar-refractivity contribution in [1.82, 2.24) is 15.3 Å². The van der Waals surface area contributed by atoms with E-state index in [4.69, 9.17) is 0 Å². The molecule has 3 aromatic rings. The van der Waals surface area contributed by atoms with Crippen LogP contribution in [0.4, 0.5) is 15.9 Å². The lowest BCUT2D eigenvalue weighted by Crippen LogP contribution is -2.24. The standard InChI is InChI=1S/C20H19FN4O/c1-13-3-8-17(14(2)9-13)25-19-10-18(23-12-24-19)20(26)22-11-15-4-6-16(21)7-5-15/h3-10,12H,11H2,1-2H3,(H,22,26)(H,23,24,25). The van der Waals surface area contributed by atoms with Gasteiger partial charge in [0.2, 0.25) is 0 Å². The van der Waals surface area contributed by atoms with E-state index in [1.165, 1.54) is 24.0 Å². The van der Waals surface area contributed by atoms with Crippen LogP contribution in [0.5, 0.6) is 0 Å². The fourth-order valence-electron chi connectivity index (χ4n) is 2.52. The first-order chi connectivity index (χ1) is 12.5. The Labute approximate surface area is 151 Å². The van der Waals surface area contributed by atoms with Gasteiger partial charge in [-0.25, -0.2) is 14.4 Å². The van der Waals surface area contributed by atoms with Crippen LogP contribution in [0.2, 0.25) is 0 Å². The van der Waals surface area contributed by atoms with Crippen molar-refractivity contribution < 1.29 is 9.18 Å². The summed E-state index contributed by atoms with van der Waals surface area (Å²) in [4.78, 5) is 20.5. The highest BCUT2D eigenvalue weighted by molar-refractivity contribution is 5.92. The maximum Gasteiger partial charge on any atom is 0.270 e. The first-order valence-electron chi connectivity index (χ1n) is 8.20. The van der Waals surface area contributed by atoms with Gasteiger partial charge in [0, 0.05) is 18.3 Å². The molecule has 0 unspecified atom stereocenters. The molecule has 1 heterocycles. The summed E-state index contributed by atoms with van der Waals surface area (Å²) in [5.41, 5.74) is 4.26. The summed E-state index contributed by atoms with van der Waals surface area (Å²) in [6.45, 7) is 4.33. The number of nitrogens with one attached hydrogen (secondary N) is 2. The summed E-state index contributed by atoms with van der Waals surface area (Å²) in [7, 11) is 0. The summed E-state index contributed by atoms with van der Waals surface area (Å²) < 4.78 is 12.9. The molecule has 0 bridgehead atoms. The first-order valence-corrected chi connectivity index (χ1v) is 8.20. The van der Waals surface area contributed by atoms with Crippen LogP contribution in [0.25, 0.3) is 0 Å². The van der Waals surface area contributed by atoms with E-state index in [9.17, 15) is 9.18 Å². The summed E-state index contributed by atoms with van der Waals surface area (Å²) in [5, 5.41) is 5.97. The van der Waals surface area contributed by atoms with Gasteiger partial charge in [0.25, 0.3) is 5.91 Å². The van der Waals surface area contributed by atoms with Crippen molar-refractivity contribution in [2.75, 3.05) is 5.32 Å².